The summed E-state index contributed by atoms with van der Waals surface area (Å²) >= 11 is 1.53. The molecule has 100 valence electrons. The first-order valence-electron chi connectivity index (χ1n) is 6.33. The number of rotatable bonds is 4. The van der Waals surface area contributed by atoms with Crippen molar-refractivity contribution in [3.63, 3.8) is 0 Å². The molecular formula is C14H18N4S. The minimum atomic E-state index is 0.519. The average Bonchev–Trinajstić information content (AvgIpc) is 2.26. The van der Waals surface area contributed by atoms with Crippen molar-refractivity contribution in [1.82, 2.24) is 15.0 Å². The van der Waals surface area contributed by atoms with Gasteiger partial charge in [-0.2, -0.15) is 0 Å². The van der Waals surface area contributed by atoms with E-state index in [4.69, 9.17) is 5.73 Å². The average molecular weight is 274 g/mol. The molecule has 2 heterocycles. The van der Waals surface area contributed by atoms with Crippen LogP contribution in [0.1, 0.15) is 30.4 Å². The summed E-state index contributed by atoms with van der Waals surface area (Å²) in [4.78, 5) is 13.2. The molecule has 0 amide bonds. The van der Waals surface area contributed by atoms with Crippen LogP contribution in [-0.4, -0.2) is 15.0 Å². The lowest BCUT2D eigenvalue weighted by Crippen LogP contribution is -2.00. The third kappa shape index (κ3) is 3.92. The molecule has 0 aliphatic heterocycles. The van der Waals surface area contributed by atoms with Crippen LogP contribution in [0, 0.1) is 13.8 Å². The number of hydrogen-bond acceptors (Lipinski definition) is 5. The highest BCUT2D eigenvalue weighted by atomic mass is 32.2. The van der Waals surface area contributed by atoms with Crippen molar-refractivity contribution >= 4 is 17.6 Å². The quantitative estimate of drug-likeness (QED) is 0.867. The number of hydrogen-bond donors (Lipinski definition) is 1. The van der Waals surface area contributed by atoms with Crippen LogP contribution < -0.4 is 5.73 Å². The molecule has 0 aliphatic carbocycles. The SMILES string of the molecule is CCCc1nc(N)cc(Sc2cc(C)cc(C)n2)n1. The van der Waals surface area contributed by atoms with Crippen molar-refractivity contribution in [2.24, 2.45) is 0 Å². The van der Waals surface area contributed by atoms with Crippen molar-refractivity contribution in [2.45, 2.75) is 43.7 Å². The van der Waals surface area contributed by atoms with Crippen LogP contribution in [0.2, 0.25) is 0 Å². The minimum absolute atomic E-state index is 0.519. The Morgan fingerprint density at radius 2 is 1.79 bits per heavy atom. The molecule has 4 nitrogen and oxygen atoms in total. The van der Waals surface area contributed by atoms with Crippen LogP contribution in [0.4, 0.5) is 5.82 Å². The first-order valence-corrected chi connectivity index (χ1v) is 7.15. The molecule has 2 N–H and O–H groups in total. The van der Waals surface area contributed by atoms with Crippen LogP contribution in [0.3, 0.4) is 0 Å². The van der Waals surface area contributed by atoms with Gasteiger partial charge >= 0.3 is 0 Å². The fourth-order valence-electron chi connectivity index (χ4n) is 1.84. The molecule has 0 saturated heterocycles. The molecule has 0 fully saturated rings. The van der Waals surface area contributed by atoms with Gasteiger partial charge in [0.2, 0.25) is 0 Å². The third-order valence-electron chi connectivity index (χ3n) is 2.53. The summed E-state index contributed by atoms with van der Waals surface area (Å²) in [7, 11) is 0. The molecular weight excluding hydrogens is 256 g/mol. The number of pyridine rings is 1. The fourth-order valence-corrected chi connectivity index (χ4v) is 2.82. The Bertz CT molecular complexity index is 563. The highest BCUT2D eigenvalue weighted by Crippen LogP contribution is 2.26. The van der Waals surface area contributed by atoms with Gasteiger partial charge in [0.1, 0.15) is 21.7 Å². The Kier molecular flexibility index (Phi) is 4.37. The van der Waals surface area contributed by atoms with Crippen molar-refractivity contribution < 1.29 is 0 Å². The predicted molar refractivity (Wildman–Crippen MR) is 78.3 cm³/mol. The van der Waals surface area contributed by atoms with Gasteiger partial charge in [0, 0.05) is 18.2 Å². The molecule has 2 aromatic heterocycles. The summed E-state index contributed by atoms with van der Waals surface area (Å²) in [6.45, 7) is 6.16. The Hall–Kier alpha value is -1.62. The first-order chi connectivity index (χ1) is 9.06. The second kappa shape index (κ2) is 6.02. The second-order valence-corrected chi connectivity index (χ2v) is 5.56. The summed E-state index contributed by atoms with van der Waals surface area (Å²) in [6, 6.07) is 5.90. The standard InChI is InChI=1S/C14H18N4S/c1-4-5-12-17-11(15)8-14(18-12)19-13-7-9(2)6-10(3)16-13/h6-8H,4-5H2,1-3H3,(H2,15,17,18). The van der Waals surface area contributed by atoms with E-state index in [9.17, 15) is 0 Å². The van der Waals surface area contributed by atoms with Crippen molar-refractivity contribution in [1.29, 1.82) is 0 Å². The minimum Gasteiger partial charge on any atom is -0.384 e. The number of nitrogen functional groups attached to an aromatic ring is 1. The predicted octanol–water partition coefficient (Wildman–Crippen LogP) is 3.17. The maximum absolute atomic E-state index is 5.82. The van der Waals surface area contributed by atoms with E-state index in [1.165, 1.54) is 17.3 Å². The lowest BCUT2D eigenvalue weighted by Gasteiger charge is -2.06. The number of nitrogens with zero attached hydrogens (tertiary/aromatic N) is 3. The van der Waals surface area contributed by atoms with Crippen LogP contribution in [0.15, 0.2) is 28.3 Å². The molecule has 0 radical (unpaired) electrons. The van der Waals surface area contributed by atoms with Gasteiger partial charge in [0.05, 0.1) is 0 Å². The van der Waals surface area contributed by atoms with Gasteiger partial charge in [-0.3, -0.25) is 0 Å². The Morgan fingerprint density at radius 1 is 1.05 bits per heavy atom. The smallest absolute Gasteiger partial charge is 0.132 e. The lowest BCUT2D eigenvalue weighted by atomic mass is 10.3. The van der Waals surface area contributed by atoms with E-state index in [-0.39, 0.29) is 0 Å². The Labute approximate surface area is 117 Å². The first kappa shape index (κ1) is 13.8. The van der Waals surface area contributed by atoms with Crippen molar-refractivity contribution in [2.75, 3.05) is 5.73 Å². The van der Waals surface area contributed by atoms with Gasteiger partial charge in [-0.1, -0.05) is 6.92 Å². The summed E-state index contributed by atoms with van der Waals surface area (Å²) < 4.78 is 0. The van der Waals surface area contributed by atoms with Crippen molar-refractivity contribution in [3.8, 4) is 0 Å². The van der Waals surface area contributed by atoms with Gasteiger partial charge in [-0.25, -0.2) is 15.0 Å². The fraction of sp³-hybridized carbons (Fsp3) is 0.357. The van der Waals surface area contributed by atoms with E-state index in [1.54, 1.807) is 6.07 Å². The zero-order valence-electron chi connectivity index (χ0n) is 11.5. The van der Waals surface area contributed by atoms with E-state index >= 15 is 0 Å². The number of nitrogens with two attached hydrogens (primary N) is 1. The van der Waals surface area contributed by atoms with E-state index in [1.807, 2.05) is 6.92 Å². The van der Waals surface area contributed by atoms with Crippen LogP contribution in [0.25, 0.3) is 0 Å². The molecule has 0 saturated carbocycles. The van der Waals surface area contributed by atoms with Gasteiger partial charge in [0.25, 0.3) is 0 Å². The monoisotopic (exact) mass is 274 g/mol. The summed E-state index contributed by atoms with van der Waals surface area (Å²) in [6.07, 6.45) is 1.86. The van der Waals surface area contributed by atoms with E-state index in [0.29, 0.717) is 5.82 Å². The van der Waals surface area contributed by atoms with E-state index in [0.717, 1.165) is 34.4 Å². The summed E-state index contributed by atoms with van der Waals surface area (Å²) in [5, 5.41) is 1.80. The maximum atomic E-state index is 5.82. The normalized spacial score (nSPS) is 10.7. The van der Waals surface area contributed by atoms with Crippen LogP contribution in [0.5, 0.6) is 0 Å². The molecule has 5 heteroatoms. The highest BCUT2D eigenvalue weighted by Gasteiger charge is 2.06. The van der Waals surface area contributed by atoms with E-state index < -0.39 is 0 Å². The molecule has 19 heavy (non-hydrogen) atoms. The second-order valence-electron chi connectivity index (χ2n) is 4.52. The highest BCUT2D eigenvalue weighted by molar-refractivity contribution is 7.99. The number of aromatic nitrogens is 3. The lowest BCUT2D eigenvalue weighted by molar-refractivity contribution is 0.812. The zero-order valence-corrected chi connectivity index (χ0v) is 12.3. The van der Waals surface area contributed by atoms with Crippen LogP contribution >= 0.6 is 11.8 Å². The Balaban J connectivity index is 2.27. The maximum Gasteiger partial charge on any atom is 0.132 e. The molecule has 0 aliphatic rings. The molecule has 0 unspecified atom stereocenters. The third-order valence-corrected chi connectivity index (χ3v) is 3.36. The van der Waals surface area contributed by atoms with E-state index in [2.05, 4.69) is 40.9 Å². The summed E-state index contributed by atoms with van der Waals surface area (Å²) in [5.41, 5.74) is 8.03. The molecule has 0 spiro atoms. The largest absolute Gasteiger partial charge is 0.384 e. The molecule has 2 aromatic rings. The molecule has 0 atom stereocenters. The molecule has 0 aromatic carbocycles. The zero-order chi connectivity index (χ0) is 13.8. The van der Waals surface area contributed by atoms with Crippen LogP contribution in [-0.2, 0) is 6.42 Å². The number of aryl methyl sites for hydroxylation is 3. The molecule has 0 bridgehead atoms. The van der Waals surface area contributed by atoms with Gasteiger partial charge in [-0.05, 0) is 49.7 Å². The summed E-state index contributed by atoms with van der Waals surface area (Å²) in [5.74, 6) is 1.32. The van der Waals surface area contributed by atoms with Gasteiger partial charge in [0.15, 0.2) is 0 Å². The van der Waals surface area contributed by atoms with Crippen molar-refractivity contribution in [3.05, 3.63) is 35.3 Å². The van der Waals surface area contributed by atoms with Gasteiger partial charge < -0.3 is 5.73 Å². The van der Waals surface area contributed by atoms with Gasteiger partial charge in [-0.15, -0.1) is 0 Å². The topological polar surface area (TPSA) is 64.7 Å². The number of anilines is 1. The Morgan fingerprint density at radius 3 is 2.47 bits per heavy atom. The molecule has 2 rings (SSSR count).